The summed E-state index contributed by atoms with van der Waals surface area (Å²) in [5.74, 6) is -0.614. The Labute approximate surface area is 75.3 Å². The molecule has 0 fully saturated rings. The summed E-state index contributed by atoms with van der Waals surface area (Å²) >= 11 is 0. The third-order valence-electron chi connectivity index (χ3n) is 1.08. The van der Waals surface area contributed by atoms with Crippen molar-refractivity contribution in [1.29, 1.82) is 0 Å². The second kappa shape index (κ2) is 6.54. The zero-order valence-corrected chi connectivity index (χ0v) is 7.39. The molecule has 13 heavy (non-hydrogen) atoms. The second-order valence-corrected chi connectivity index (χ2v) is 2.23. The molecule has 5 heteroatoms. The largest absolute Gasteiger partial charge is 0.463 e. The Morgan fingerprint density at radius 1 is 1.54 bits per heavy atom. The number of alkyl halides is 2. The van der Waals surface area contributed by atoms with Crippen molar-refractivity contribution in [3.8, 4) is 0 Å². The molecule has 3 nitrogen and oxygen atoms in total. The van der Waals surface area contributed by atoms with E-state index >= 15 is 0 Å². The average Bonchev–Trinajstić information content (AvgIpc) is 2.04. The first-order valence-electron chi connectivity index (χ1n) is 3.78. The van der Waals surface area contributed by atoms with Crippen LogP contribution in [0.2, 0.25) is 0 Å². The van der Waals surface area contributed by atoms with Gasteiger partial charge in [0.2, 0.25) is 0 Å². The van der Waals surface area contributed by atoms with Gasteiger partial charge in [-0.15, -0.1) is 0 Å². The minimum Gasteiger partial charge on any atom is -0.463 e. The molecule has 0 radical (unpaired) electrons. The Balaban J connectivity index is 3.56. The fourth-order valence-electron chi connectivity index (χ4n) is 0.563. The third kappa shape index (κ3) is 6.21. The van der Waals surface area contributed by atoms with Gasteiger partial charge in [0, 0.05) is 0 Å². The van der Waals surface area contributed by atoms with Crippen LogP contribution in [0.3, 0.4) is 0 Å². The van der Waals surface area contributed by atoms with E-state index in [1.807, 2.05) is 0 Å². The molecule has 0 rings (SSSR count). The topological polar surface area (TPSA) is 35.5 Å². The Hall–Kier alpha value is -0.970. The van der Waals surface area contributed by atoms with Crippen molar-refractivity contribution in [2.75, 3.05) is 19.8 Å². The molecule has 0 aromatic rings. The van der Waals surface area contributed by atoms with Crippen LogP contribution in [0.4, 0.5) is 8.78 Å². The number of rotatable bonds is 6. The lowest BCUT2D eigenvalue weighted by Gasteiger charge is -2.05. The van der Waals surface area contributed by atoms with E-state index in [2.05, 4.69) is 16.1 Å². The van der Waals surface area contributed by atoms with Crippen molar-refractivity contribution in [2.45, 2.75) is 13.3 Å². The fraction of sp³-hybridized carbons (Fsp3) is 0.625. The maximum atomic E-state index is 11.6. The van der Waals surface area contributed by atoms with Gasteiger partial charge in [0.25, 0.3) is 6.43 Å². The summed E-state index contributed by atoms with van der Waals surface area (Å²) < 4.78 is 32.2. The molecular weight excluding hydrogens is 182 g/mol. The molecule has 0 aliphatic heterocycles. The number of carbonyl (C=O) groups is 1. The van der Waals surface area contributed by atoms with Crippen LogP contribution in [-0.4, -0.2) is 32.2 Å². The molecule has 0 unspecified atom stereocenters. The van der Waals surface area contributed by atoms with Gasteiger partial charge < -0.3 is 9.47 Å². The maximum Gasteiger partial charge on any atom is 0.335 e. The molecule has 0 aliphatic rings. The first kappa shape index (κ1) is 12.0. The molecule has 0 N–H and O–H groups in total. The molecule has 0 amide bonds. The lowest BCUT2D eigenvalue weighted by Crippen LogP contribution is -2.14. The number of ether oxygens (including phenoxy) is 2. The van der Waals surface area contributed by atoms with Gasteiger partial charge >= 0.3 is 5.97 Å². The Morgan fingerprint density at radius 3 is 2.62 bits per heavy atom. The van der Waals surface area contributed by atoms with Gasteiger partial charge in [-0.1, -0.05) is 6.58 Å². The predicted molar refractivity (Wildman–Crippen MR) is 42.6 cm³/mol. The summed E-state index contributed by atoms with van der Waals surface area (Å²) in [5.41, 5.74) is 0.0440. The van der Waals surface area contributed by atoms with Crippen LogP contribution in [0, 0.1) is 0 Å². The molecule has 0 saturated carbocycles. The third-order valence-corrected chi connectivity index (χ3v) is 1.08. The monoisotopic (exact) mass is 194 g/mol. The predicted octanol–water partition coefficient (Wildman–Crippen LogP) is 1.39. The highest BCUT2D eigenvalue weighted by atomic mass is 19.3. The Bertz CT molecular complexity index is 180. The van der Waals surface area contributed by atoms with Crippen LogP contribution in [0.5, 0.6) is 0 Å². The van der Waals surface area contributed by atoms with Gasteiger partial charge in [-0.2, -0.15) is 0 Å². The molecule has 0 aromatic carbocycles. The number of hydrogen-bond donors (Lipinski definition) is 0. The zero-order chi connectivity index (χ0) is 10.3. The Kier molecular flexibility index (Phi) is 6.05. The molecule has 0 bridgehead atoms. The summed E-state index contributed by atoms with van der Waals surface area (Å²) in [4.78, 5) is 10.8. The standard InChI is InChI=1S/C8H12F2O3/c1-3-13-8(11)6(2)4-12-5-7(9)10/h7H,2-5H2,1H3. The highest BCUT2D eigenvalue weighted by molar-refractivity contribution is 5.87. The van der Waals surface area contributed by atoms with Crippen LogP contribution >= 0.6 is 0 Å². The minimum atomic E-state index is -2.53. The molecule has 0 spiro atoms. The summed E-state index contributed by atoms with van der Waals surface area (Å²) in [6.07, 6.45) is -2.53. The number of hydrogen-bond acceptors (Lipinski definition) is 3. The summed E-state index contributed by atoms with van der Waals surface area (Å²) in [6, 6.07) is 0. The molecule has 76 valence electrons. The molecular formula is C8H12F2O3. The number of esters is 1. The van der Waals surface area contributed by atoms with E-state index in [1.165, 1.54) is 0 Å². The van der Waals surface area contributed by atoms with E-state index < -0.39 is 19.0 Å². The van der Waals surface area contributed by atoms with E-state index in [4.69, 9.17) is 0 Å². The number of carbonyl (C=O) groups excluding carboxylic acids is 1. The van der Waals surface area contributed by atoms with E-state index in [1.54, 1.807) is 6.92 Å². The maximum absolute atomic E-state index is 11.6. The molecule has 0 atom stereocenters. The van der Waals surface area contributed by atoms with Crippen molar-refractivity contribution in [1.82, 2.24) is 0 Å². The van der Waals surface area contributed by atoms with Crippen LogP contribution < -0.4 is 0 Å². The van der Waals surface area contributed by atoms with Crippen molar-refractivity contribution in [2.24, 2.45) is 0 Å². The van der Waals surface area contributed by atoms with Gasteiger partial charge in [-0.05, 0) is 6.92 Å². The average molecular weight is 194 g/mol. The van der Waals surface area contributed by atoms with Gasteiger partial charge in [-0.3, -0.25) is 0 Å². The smallest absolute Gasteiger partial charge is 0.335 e. The first-order chi connectivity index (χ1) is 6.07. The van der Waals surface area contributed by atoms with Crippen molar-refractivity contribution < 1.29 is 23.0 Å². The zero-order valence-electron chi connectivity index (χ0n) is 7.39. The molecule has 0 heterocycles. The van der Waals surface area contributed by atoms with E-state index in [9.17, 15) is 13.6 Å². The van der Waals surface area contributed by atoms with E-state index in [-0.39, 0.29) is 18.8 Å². The first-order valence-corrected chi connectivity index (χ1v) is 3.78. The van der Waals surface area contributed by atoms with Gasteiger partial charge in [-0.25, -0.2) is 13.6 Å². The van der Waals surface area contributed by atoms with Crippen LogP contribution in [-0.2, 0) is 14.3 Å². The normalized spacial score (nSPS) is 10.2. The van der Waals surface area contributed by atoms with E-state index in [0.29, 0.717) is 0 Å². The van der Waals surface area contributed by atoms with Gasteiger partial charge in [0.1, 0.15) is 6.61 Å². The van der Waals surface area contributed by atoms with Gasteiger partial charge in [0.15, 0.2) is 0 Å². The lowest BCUT2D eigenvalue weighted by atomic mass is 10.3. The van der Waals surface area contributed by atoms with Crippen LogP contribution in [0.1, 0.15) is 6.92 Å². The highest BCUT2D eigenvalue weighted by Gasteiger charge is 2.09. The van der Waals surface area contributed by atoms with Gasteiger partial charge in [0.05, 0.1) is 18.8 Å². The van der Waals surface area contributed by atoms with E-state index in [0.717, 1.165) is 0 Å². The van der Waals surface area contributed by atoms with Crippen LogP contribution in [0.25, 0.3) is 0 Å². The Morgan fingerprint density at radius 2 is 2.15 bits per heavy atom. The van der Waals surface area contributed by atoms with Crippen LogP contribution in [0.15, 0.2) is 12.2 Å². The summed E-state index contributed by atoms with van der Waals surface area (Å²) in [6.45, 7) is 4.28. The second-order valence-electron chi connectivity index (χ2n) is 2.23. The molecule has 0 aromatic heterocycles. The summed E-state index contributed by atoms with van der Waals surface area (Å²) in [5, 5.41) is 0. The lowest BCUT2D eigenvalue weighted by molar-refractivity contribution is -0.139. The minimum absolute atomic E-state index is 0.0440. The molecule has 0 aliphatic carbocycles. The van der Waals surface area contributed by atoms with Crippen molar-refractivity contribution in [3.05, 3.63) is 12.2 Å². The van der Waals surface area contributed by atoms with Crippen molar-refractivity contribution >= 4 is 5.97 Å². The fourth-order valence-corrected chi connectivity index (χ4v) is 0.563. The number of halogens is 2. The van der Waals surface area contributed by atoms with Crippen molar-refractivity contribution in [3.63, 3.8) is 0 Å². The highest BCUT2D eigenvalue weighted by Crippen LogP contribution is 1.98. The quantitative estimate of drug-likeness (QED) is 0.473. The SMILES string of the molecule is C=C(COCC(F)F)C(=O)OCC. The summed E-state index contributed by atoms with van der Waals surface area (Å²) in [7, 11) is 0. The molecule has 0 saturated heterocycles.